The number of nitrogens with zero attached hydrogens (tertiary/aromatic N) is 2. The van der Waals surface area contributed by atoms with E-state index in [1.54, 1.807) is 0 Å². The average Bonchev–Trinajstić information content (AvgIpc) is 3.08. The molecule has 0 spiro atoms. The van der Waals surface area contributed by atoms with E-state index in [2.05, 4.69) is 5.10 Å². The zero-order valence-corrected chi connectivity index (χ0v) is 15.5. The van der Waals surface area contributed by atoms with Gasteiger partial charge in [-0.05, 0) is 55.7 Å². The van der Waals surface area contributed by atoms with Gasteiger partial charge in [0.25, 0.3) is 0 Å². The highest BCUT2D eigenvalue weighted by atomic mass is 32.2. The zero-order chi connectivity index (χ0) is 19.9. The molecule has 1 fully saturated rings. The number of aromatic carboxylic acids is 1. The van der Waals surface area contributed by atoms with Crippen molar-refractivity contribution in [3.8, 4) is 0 Å². The molecular formula is C19H17FN2O5S. The fraction of sp³-hybridized carbons (Fsp3) is 0.263. The molecule has 1 aliphatic rings. The second-order valence-electron chi connectivity index (χ2n) is 6.56. The van der Waals surface area contributed by atoms with E-state index in [1.165, 1.54) is 35.0 Å². The van der Waals surface area contributed by atoms with E-state index in [0.717, 1.165) is 25.0 Å². The molecule has 1 aliphatic heterocycles. The van der Waals surface area contributed by atoms with Gasteiger partial charge in [-0.2, -0.15) is 5.10 Å². The van der Waals surface area contributed by atoms with Crippen molar-refractivity contribution in [2.24, 2.45) is 0 Å². The van der Waals surface area contributed by atoms with Gasteiger partial charge in [0.2, 0.25) is 9.84 Å². The Morgan fingerprint density at radius 1 is 1.18 bits per heavy atom. The maximum atomic E-state index is 13.5. The molecule has 0 aliphatic carbocycles. The minimum absolute atomic E-state index is 0.128. The normalized spacial score (nSPS) is 17.7. The summed E-state index contributed by atoms with van der Waals surface area (Å²) in [5.41, 5.74) is 0.225. The van der Waals surface area contributed by atoms with Crippen LogP contribution in [0.15, 0.2) is 52.3 Å². The van der Waals surface area contributed by atoms with Crippen LogP contribution < -0.4 is 0 Å². The number of benzene rings is 2. The first-order valence-corrected chi connectivity index (χ1v) is 10.2. The Hall–Kier alpha value is -2.78. The zero-order valence-electron chi connectivity index (χ0n) is 14.7. The standard InChI is InChI=1S/C19H17FN2O5S/c20-12-4-3-5-13(10-12)28(25,26)14-7-8-16-15(11-14)18(19(23)24)21-22(16)17-6-1-2-9-27-17/h3-5,7-8,10-11,17H,1-2,6,9H2,(H,23,24). The molecular weight excluding hydrogens is 387 g/mol. The molecule has 0 bridgehead atoms. The Bertz CT molecular complexity index is 1170. The van der Waals surface area contributed by atoms with Crippen molar-refractivity contribution >= 4 is 26.7 Å². The van der Waals surface area contributed by atoms with Crippen molar-refractivity contribution < 1.29 is 27.4 Å². The SMILES string of the molecule is O=C(O)c1nn(C2CCCCO2)c2ccc(S(=O)(=O)c3cccc(F)c3)cc12. The Labute approximate surface area is 160 Å². The van der Waals surface area contributed by atoms with Crippen molar-refractivity contribution in [3.63, 3.8) is 0 Å². The minimum atomic E-state index is -4.01. The number of sulfone groups is 1. The highest BCUT2D eigenvalue weighted by Crippen LogP contribution is 2.31. The largest absolute Gasteiger partial charge is 0.476 e. The summed E-state index contributed by atoms with van der Waals surface area (Å²) in [5, 5.41) is 13.9. The van der Waals surface area contributed by atoms with Gasteiger partial charge in [0.15, 0.2) is 11.9 Å². The van der Waals surface area contributed by atoms with Crippen LogP contribution in [0.4, 0.5) is 4.39 Å². The quantitative estimate of drug-likeness (QED) is 0.716. The van der Waals surface area contributed by atoms with Gasteiger partial charge in [0, 0.05) is 12.0 Å². The lowest BCUT2D eigenvalue weighted by Crippen LogP contribution is -2.19. The Morgan fingerprint density at radius 3 is 2.64 bits per heavy atom. The fourth-order valence-electron chi connectivity index (χ4n) is 3.35. The number of halogens is 1. The van der Waals surface area contributed by atoms with Crippen LogP contribution in [-0.4, -0.2) is 35.9 Å². The summed E-state index contributed by atoms with van der Waals surface area (Å²) in [7, 11) is -4.01. The Morgan fingerprint density at radius 2 is 1.96 bits per heavy atom. The molecule has 1 aromatic heterocycles. The molecule has 0 saturated carbocycles. The summed E-state index contributed by atoms with van der Waals surface area (Å²) >= 11 is 0. The van der Waals surface area contributed by atoms with Crippen LogP contribution in [0.3, 0.4) is 0 Å². The number of carbonyl (C=O) groups is 1. The molecule has 1 atom stereocenters. The topological polar surface area (TPSA) is 98.5 Å². The lowest BCUT2D eigenvalue weighted by Gasteiger charge is -2.23. The average molecular weight is 404 g/mol. The van der Waals surface area contributed by atoms with Crippen molar-refractivity contribution in [2.45, 2.75) is 35.3 Å². The summed E-state index contributed by atoms with van der Waals surface area (Å²) in [4.78, 5) is 11.3. The molecule has 2 aromatic carbocycles. The maximum Gasteiger partial charge on any atom is 0.357 e. The summed E-state index contributed by atoms with van der Waals surface area (Å²) in [6.45, 7) is 0.556. The van der Waals surface area contributed by atoms with E-state index in [-0.39, 0.29) is 20.9 Å². The summed E-state index contributed by atoms with van der Waals surface area (Å²) < 4.78 is 46.4. The summed E-state index contributed by atoms with van der Waals surface area (Å²) in [6.07, 6.45) is 2.16. The highest BCUT2D eigenvalue weighted by molar-refractivity contribution is 7.91. The molecule has 4 rings (SSSR count). The number of hydrogen-bond donors (Lipinski definition) is 1. The first-order chi connectivity index (χ1) is 13.4. The number of ether oxygens (including phenoxy) is 1. The van der Waals surface area contributed by atoms with Crippen molar-refractivity contribution in [3.05, 3.63) is 54.0 Å². The Kier molecular flexibility index (Phi) is 4.64. The molecule has 1 N–H and O–H groups in total. The first kappa shape index (κ1) is 18.6. The molecule has 3 aromatic rings. The molecule has 1 unspecified atom stereocenters. The minimum Gasteiger partial charge on any atom is -0.476 e. The van der Waals surface area contributed by atoms with Crippen LogP contribution in [0.25, 0.3) is 10.9 Å². The van der Waals surface area contributed by atoms with E-state index in [1.807, 2.05) is 0 Å². The van der Waals surface area contributed by atoms with E-state index in [0.29, 0.717) is 18.5 Å². The predicted molar refractivity (Wildman–Crippen MR) is 97.4 cm³/mol. The second kappa shape index (κ2) is 6.99. The van der Waals surface area contributed by atoms with Gasteiger partial charge in [0.05, 0.1) is 15.3 Å². The fourth-order valence-corrected chi connectivity index (χ4v) is 4.67. The molecule has 9 heteroatoms. The van der Waals surface area contributed by atoms with E-state index < -0.39 is 27.9 Å². The molecule has 146 valence electrons. The van der Waals surface area contributed by atoms with Gasteiger partial charge in [-0.15, -0.1) is 0 Å². The van der Waals surface area contributed by atoms with Gasteiger partial charge in [-0.1, -0.05) is 6.07 Å². The monoisotopic (exact) mass is 404 g/mol. The van der Waals surface area contributed by atoms with Crippen molar-refractivity contribution in [1.82, 2.24) is 9.78 Å². The van der Waals surface area contributed by atoms with Crippen LogP contribution >= 0.6 is 0 Å². The van der Waals surface area contributed by atoms with Crippen LogP contribution in [0.1, 0.15) is 36.0 Å². The van der Waals surface area contributed by atoms with Gasteiger partial charge in [-0.25, -0.2) is 22.3 Å². The van der Waals surface area contributed by atoms with Gasteiger partial charge >= 0.3 is 5.97 Å². The van der Waals surface area contributed by atoms with Crippen LogP contribution in [0, 0.1) is 5.82 Å². The third-order valence-corrected chi connectivity index (χ3v) is 6.47. The van der Waals surface area contributed by atoms with Gasteiger partial charge < -0.3 is 9.84 Å². The molecule has 1 saturated heterocycles. The van der Waals surface area contributed by atoms with E-state index in [9.17, 15) is 22.7 Å². The van der Waals surface area contributed by atoms with Crippen LogP contribution in [0.5, 0.6) is 0 Å². The van der Waals surface area contributed by atoms with Gasteiger partial charge in [0.1, 0.15) is 5.82 Å². The molecule has 28 heavy (non-hydrogen) atoms. The van der Waals surface area contributed by atoms with Crippen LogP contribution in [0.2, 0.25) is 0 Å². The lowest BCUT2D eigenvalue weighted by atomic mass is 10.1. The smallest absolute Gasteiger partial charge is 0.357 e. The van der Waals surface area contributed by atoms with Crippen molar-refractivity contribution in [1.29, 1.82) is 0 Å². The molecule has 0 radical (unpaired) electrons. The first-order valence-electron chi connectivity index (χ1n) is 8.76. The van der Waals surface area contributed by atoms with Crippen molar-refractivity contribution in [2.75, 3.05) is 6.61 Å². The maximum absolute atomic E-state index is 13.5. The summed E-state index contributed by atoms with van der Waals surface area (Å²) in [5.74, 6) is -1.93. The number of hydrogen-bond acceptors (Lipinski definition) is 5. The highest BCUT2D eigenvalue weighted by Gasteiger charge is 2.26. The summed E-state index contributed by atoms with van der Waals surface area (Å²) in [6, 6.07) is 8.83. The number of carboxylic acid groups (broad SMARTS) is 1. The third kappa shape index (κ3) is 3.16. The molecule has 0 amide bonds. The Balaban J connectivity index is 1.87. The third-order valence-electron chi connectivity index (χ3n) is 4.73. The molecule has 2 heterocycles. The second-order valence-corrected chi connectivity index (χ2v) is 8.51. The lowest BCUT2D eigenvalue weighted by molar-refractivity contribution is -0.0368. The van der Waals surface area contributed by atoms with Crippen LogP contribution in [-0.2, 0) is 14.6 Å². The molecule has 7 nitrogen and oxygen atoms in total. The van der Waals surface area contributed by atoms with Gasteiger partial charge in [-0.3, -0.25) is 0 Å². The predicted octanol–water partition coefficient (Wildman–Crippen LogP) is 3.41. The number of aromatic nitrogens is 2. The number of carboxylic acids is 1. The number of fused-ring (bicyclic) bond motifs is 1. The van der Waals surface area contributed by atoms with E-state index in [4.69, 9.17) is 4.74 Å². The van der Waals surface area contributed by atoms with E-state index >= 15 is 0 Å². The number of rotatable bonds is 4.